The Hall–Kier alpha value is -2.41. The molecule has 0 unspecified atom stereocenters. The summed E-state index contributed by atoms with van der Waals surface area (Å²) in [5.74, 6) is 1.90. The van der Waals surface area contributed by atoms with Gasteiger partial charge in [-0.3, -0.25) is 10.1 Å². The van der Waals surface area contributed by atoms with E-state index in [2.05, 4.69) is 10.3 Å². The molecule has 0 bridgehead atoms. The Labute approximate surface area is 128 Å². The van der Waals surface area contributed by atoms with E-state index < -0.39 is 10.5 Å². The van der Waals surface area contributed by atoms with Crippen LogP contribution in [0.4, 0.5) is 11.5 Å². The van der Waals surface area contributed by atoms with E-state index in [0.29, 0.717) is 22.7 Å². The molecule has 0 aliphatic heterocycles. The summed E-state index contributed by atoms with van der Waals surface area (Å²) in [5.41, 5.74) is 0.149. The number of pyridine rings is 1. The van der Waals surface area contributed by atoms with Crippen molar-refractivity contribution in [3.63, 3.8) is 0 Å². The number of hydrogen-bond acceptors (Lipinski definition) is 6. The highest BCUT2D eigenvalue weighted by molar-refractivity contribution is 5.48. The first-order valence-electron chi connectivity index (χ1n) is 6.85. The number of furan rings is 1. The molecule has 2 heterocycles. The number of aromatic nitrogens is 1. The van der Waals surface area contributed by atoms with E-state index >= 15 is 0 Å². The van der Waals surface area contributed by atoms with Gasteiger partial charge in [-0.15, -0.1) is 0 Å². The second-order valence-corrected chi connectivity index (χ2v) is 5.57. The van der Waals surface area contributed by atoms with Crippen LogP contribution in [0, 0.1) is 30.9 Å². The molecule has 7 heteroatoms. The summed E-state index contributed by atoms with van der Waals surface area (Å²) >= 11 is 0. The van der Waals surface area contributed by atoms with Gasteiger partial charge in [0.1, 0.15) is 29.1 Å². The Bertz CT molecular complexity index is 707. The second kappa shape index (κ2) is 5.76. The number of nitrogens with zero attached hydrogens (tertiary/aromatic N) is 2. The topological polar surface area (TPSA) is 101 Å². The average Bonchev–Trinajstić information content (AvgIpc) is 2.77. The number of hydrogen-bond donors (Lipinski definition) is 2. The van der Waals surface area contributed by atoms with Gasteiger partial charge in [0, 0.05) is 18.2 Å². The number of aliphatic hydroxyl groups is 1. The molecule has 0 aliphatic rings. The van der Waals surface area contributed by atoms with Gasteiger partial charge in [-0.1, -0.05) is 0 Å². The molecule has 7 nitrogen and oxygen atoms in total. The Morgan fingerprint density at radius 2 is 2.09 bits per heavy atom. The first-order valence-corrected chi connectivity index (χ1v) is 6.85. The largest absolute Gasteiger partial charge is 0.466 e. The fourth-order valence-electron chi connectivity index (χ4n) is 2.36. The molecule has 2 rings (SSSR count). The van der Waals surface area contributed by atoms with Gasteiger partial charge in [0.2, 0.25) is 0 Å². The summed E-state index contributed by atoms with van der Waals surface area (Å²) < 4.78 is 5.44. The van der Waals surface area contributed by atoms with Crippen molar-refractivity contribution in [3.05, 3.63) is 51.1 Å². The van der Waals surface area contributed by atoms with Crippen molar-refractivity contribution in [2.45, 2.75) is 33.3 Å². The molecule has 0 spiro atoms. The molecule has 118 valence electrons. The third kappa shape index (κ3) is 3.25. The Kier molecular flexibility index (Phi) is 4.18. The Morgan fingerprint density at radius 1 is 1.41 bits per heavy atom. The molecule has 1 atom stereocenters. The van der Waals surface area contributed by atoms with Gasteiger partial charge in [-0.25, -0.2) is 4.98 Å². The Balaban J connectivity index is 2.15. The number of nitrogens with one attached hydrogen (secondary N) is 1. The van der Waals surface area contributed by atoms with Crippen LogP contribution >= 0.6 is 0 Å². The molecule has 0 aromatic carbocycles. The quantitative estimate of drug-likeness (QED) is 0.650. The minimum absolute atomic E-state index is 0.0592. The summed E-state index contributed by atoms with van der Waals surface area (Å²) in [7, 11) is 0. The van der Waals surface area contributed by atoms with Crippen LogP contribution in [-0.4, -0.2) is 21.6 Å². The molecule has 22 heavy (non-hydrogen) atoms. The first-order chi connectivity index (χ1) is 10.2. The lowest BCUT2D eigenvalue weighted by atomic mass is 9.96. The van der Waals surface area contributed by atoms with Crippen molar-refractivity contribution in [2.24, 2.45) is 0 Å². The molecule has 0 aliphatic carbocycles. The van der Waals surface area contributed by atoms with Crippen LogP contribution in [0.2, 0.25) is 0 Å². The van der Waals surface area contributed by atoms with Crippen molar-refractivity contribution in [2.75, 3.05) is 11.9 Å². The standard InChI is InChI=1S/C15H19N3O4/c1-9-5-12(18(20)21)7-16-14(9)17-8-15(4,19)13-6-10(2)22-11(13)3/h5-7,19H,8H2,1-4H3,(H,16,17)/t15-/m0/s1. The predicted octanol–water partition coefficient (Wildman–Crippen LogP) is 2.83. The molecule has 0 radical (unpaired) electrons. The molecular weight excluding hydrogens is 286 g/mol. The third-order valence-electron chi connectivity index (χ3n) is 3.50. The zero-order valence-electron chi connectivity index (χ0n) is 13.0. The smallest absolute Gasteiger partial charge is 0.287 e. The van der Waals surface area contributed by atoms with Crippen LogP contribution in [0.25, 0.3) is 0 Å². The van der Waals surface area contributed by atoms with Gasteiger partial charge < -0.3 is 14.8 Å². The maximum atomic E-state index is 10.7. The number of aryl methyl sites for hydroxylation is 3. The van der Waals surface area contributed by atoms with E-state index in [1.807, 2.05) is 6.92 Å². The second-order valence-electron chi connectivity index (χ2n) is 5.57. The van der Waals surface area contributed by atoms with Crippen LogP contribution in [0.5, 0.6) is 0 Å². The van der Waals surface area contributed by atoms with Crippen LogP contribution in [0.1, 0.15) is 29.6 Å². The fraction of sp³-hybridized carbons (Fsp3) is 0.400. The first kappa shape index (κ1) is 16.0. The van der Waals surface area contributed by atoms with Crippen molar-refractivity contribution >= 4 is 11.5 Å². The van der Waals surface area contributed by atoms with Gasteiger partial charge >= 0.3 is 0 Å². The minimum Gasteiger partial charge on any atom is -0.466 e. The van der Waals surface area contributed by atoms with Gasteiger partial charge in [-0.2, -0.15) is 0 Å². The molecule has 0 amide bonds. The maximum absolute atomic E-state index is 10.7. The summed E-state index contributed by atoms with van der Waals surface area (Å²) in [6, 6.07) is 3.24. The molecule has 0 saturated heterocycles. The van der Waals surface area contributed by atoms with Gasteiger partial charge in [0.05, 0.1) is 4.92 Å². The van der Waals surface area contributed by atoms with E-state index in [1.54, 1.807) is 26.8 Å². The van der Waals surface area contributed by atoms with Crippen LogP contribution in [0.15, 0.2) is 22.7 Å². The monoisotopic (exact) mass is 305 g/mol. The van der Waals surface area contributed by atoms with Crippen LogP contribution in [-0.2, 0) is 5.60 Å². The SMILES string of the molecule is Cc1cc([C@@](C)(O)CNc2ncc([N+](=O)[O-])cc2C)c(C)o1. The van der Waals surface area contributed by atoms with E-state index in [9.17, 15) is 15.2 Å². The lowest BCUT2D eigenvalue weighted by Gasteiger charge is -2.24. The van der Waals surface area contributed by atoms with E-state index in [1.165, 1.54) is 12.3 Å². The Morgan fingerprint density at radius 3 is 2.59 bits per heavy atom. The van der Waals surface area contributed by atoms with Gasteiger partial charge in [0.15, 0.2) is 0 Å². The highest BCUT2D eigenvalue weighted by Crippen LogP contribution is 2.28. The third-order valence-corrected chi connectivity index (χ3v) is 3.50. The molecular formula is C15H19N3O4. The number of nitro groups is 1. The van der Waals surface area contributed by atoms with Crippen molar-refractivity contribution in [1.82, 2.24) is 4.98 Å². The van der Waals surface area contributed by atoms with E-state index in [-0.39, 0.29) is 12.2 Å². The van der Waals surface area contributed by atoms with Crippen molar-refractivity contribution in [3.8, 4) is 0 Å². The maximum Gasteiger partial charge on any atom is 0.287 e. The van der Waals surface area contributed by atoms with Gasteiger partial charge in [-0.05, 0) is 39.3 Å². The lowest BCUT2D eigenvalue weighted by molar-refractivity contribution is -0.385. The molecule has 2 N–H and O–H groups in total. The number of rotatable bonds is 5. The zero-order valence-corrected chi connectivity index (χ0v) is 13.0. The summed E-state index contributed by atoms with van der Waals surface area (Å²) in [6.07, 6.45) is 1.19. The lowest BCUT2D eigenvalue weighted by Crippen LogP contribution is -2.31. The summed E-state index contributed by atoms with van der Waals surface area (Å²) in [6.45, 7) is 7.23. The minimum atomic E-state index is -1.14. The molecule has 2 aromatic rings. The highest BCUT2D eigenvalue weighted by Gasteiger charge is 2.27. The van der Waals surface area contributed by atoms with Crippen molar-refractivity contribution < 1.29 is 14.4 Å². The molecule has 2 aromatic heterocycles. The number of anilines is 1. The normalized spacial score (nSPS) is 13.7. The van der Waals surface area contributed by atoms with Gasteiger partial charge in [0.25, 0.3) is 5.69 Å². The summed E-state index contributed by atoms with van der Waals surface area (Å²) in [5, 5.41) is 24.3. The predicted molar refractivity (Wildman–Crippen MR) is 81.9 cm³/mol. The fourth-order valence-corrected chi connectivity index (χ4v) is 2.36. The van der Waals surface area contributed by atoms with Crippen molar-refractivity contribution in [1.29, 1.82) is 0 Å². The van der Waals surface area contributed by atoms with E-state index in [4.69, 9.17) is 4.42 Å². The molecule has 0 saturated carbocycles. The van der Waals surface area contributed by atoms with E-state index in [0.717, 1.165) is 5.76 Å². The highest BCUT2D eigenvalue weighted by atomic mass is 16.6. The van der Waals surface area contributed by atoms with Crippen LogP contribution < -0.4 is 5.32 Å². The van der Waals surface area contributed by atoms with Crippen LogP contribution in [0.3, 0.4) is 0 Å². The zero-order chi connectivity index (χ0) is 16.5. The average molecular weight is 305 g/mol. The molecule has 0 fully saturated rings. The summed E-state index contributed by atoms with van der Waals surface area (Å²) in [4.78, 5) is 14.2.